The molecule has 1 heterocycles. The van der Waals surface area contributed by atoms with Gasteiger partial charge < -0.3 is 15.1 Å². The standard InChI is InChI=1S/C17H26ClN3/c1-12-10-21(11-16(12)20(2)3)17-13(5-4-6-15(17)18)9-19-14-7-8-14/h4-6,12,14,16,19H,7-11H2,1-3H3. The van der Waals surface area contributed by atoms with Gasteiger partial charge in [0.15, 0.2) is 0 Å². The van der Waals surface area contributed by atoms with Gasteiger partial charge in [0.05, 0.1) is 10.7 Å². The number of likely N-dealkylation sites (N-methyl/N-ethyl adjacent to an activating group) is 1. The molecule has 2 fully saturated rings. The molecule has 0 bridgehead atoms. The van der Waals surface area contributed by atoms with Crippen LogP contribution in [0, 0.1) is 5.92 Å². The number of para-hydroxylation sites is 1. The molecule has 21 heavy (non-hydrogen) atoms. The predicted octanol–water partition coefficient (Wildman–Crippen LogP) is 2.98. The van der Waals surface area contributed by atoms with E-state index in [1.807, 2.05) is 6.07 Å². The minimum absolute atomic E-state index is 0.602. The van der Waals surface area contributed by atoms with Crippen LogP contribution in [0.4, 0.5) is 5.69 Å². The third kappa shape index (κ3) is 3.36. The molecular formula is C17H26ClN3. The Morgan fingerprint density at radius 3 is 2.67 bits per heavy atom. The van der Waals surface area contributed by atoms with Crippen LogP contribution in [0.1, 0.15) is 25.3 Å². The minimum atomic E-state index is 0.602. The third-order valence-electron chi connectivity index (χ3n) is 4.78. The van der Waals surface area contributed by atoms with Gasteiger partial charge in [0, 0.05) is 31.7 Å². The maximum atomic E-state index is 6.53. The van der Waals surface area contributed by atoms with E-state index >= 15 is 0 Å². The van der Waals surface area contributed by atoms with E-state index < -0.39 is 0 Å². The Kier molecular flexibility index (Phi) is 4.43. The van der Waals surface area contributed by atoms with E-state index in [1.165, 1.54) is 24.1 Å². The molecule has 3 nitrogen and oxygen atoms in total. The average molecular weight is 308 g/mol. The molecule has 2 aliphatic rings. The van der Waals surface area contributed by atoms with E-state index in [-0.39, 0.29) is 0 Å². The molecule has 0 spiro atoms. The highest BCUT2D eigenvalue weighted by molar-refractivity contribution is 6.33. The number of nitrogens with zero attached hydrogens (tertiary/aromatic N) is 2. The van der Waals surface area contributed by atoms with Crippen LogP contribution < -0.4 is 10.2 Å². The summed E-state index contributed by atoms with van der Waals surface area (Å²) in [4.78, 5) is 4.81. The molecule has 1 aliphatic carbocycles. The monoisotopic (exact) mass is 307 g/mol. The van der Waals surface area contributed by atoms with Gasteiger partial charge in [-0.15, -0.1) is 0 Å². The van der Waals surface area contributed by atoms with E-state index in [0.717, 1.165) is 30.7 Å². The zero-order valence-electron chi connectivity index (χ0n) is 13.3. The van der Waals surface area contributed by atoms with Gasteiger partial charge in [-0.25, -0.2) is 0 Å². The zero-order chi connectivity index (χ0) is 15.0. The second kappa shape index (κ2) is 6.15. The molecule has 1 N–H and O–H groups in total. The summed E-state index contributed by atoms with van der Waals surface area (Å²) in [5.41, 5.74) is 2.57. The molecule has 1 saturated carbocycles. The van der Waals surface area contributed by atoms with Crippen molar-refractivity contribution in [1.29, 1.82) is 0 Å². The van der Waals surface area contributed by atoms with Crippen molar-refractivity contribution in [2.24, 2.45) is 5.92 Å². The number of rotatable bonds is 5. The number of hydrogen-bond donors (Lipinski definition) is 1. The van der Waals surface area contributed by atoms with Crippen LogP contribution >= 0.6 is 11.6 Å². The van der Waals surface area contributed by atoms with Crippen molar-refractivity contribution in [3.8, 4) is 0 Å². The topological polar surface area (TPSA) is 18.5 Å². The Hall–Kier alpha value is -0.770. The first-order valence-electron chi connectivity index (χ1n) is 7.98. The molecular weight excluding hydrogens is 282 g/mol. The lowest BCUT2D eigenvalue weighted by Crippen LogP contribution is -2.34. The van der Waals surface area contributed by atoms with Gasteiger partial charge >= 0.3 is 0 Å². The highest BCUT2D eigenvalue weighted by Crippen LogP contribution is 2.35. The predicted molar refractivity (Wildman–Crippen MR) is 90.2 cm³/mol. The van der Waals surface area contributed by atoms with Crippen molar-refractivity contribution in [3.63, 3.8) is 0 Å². The van der Waals surface area contributed by atoms with Crippen molar-refractivity contribution >= 4 is 17.3 Å². The molecule has 0 aromatic heterocycles. The summed E-state index contributed by atoms with van der Waals surface area (Å²) < 4.78 is 0. The summed E-state index contributed by atoms with van der Waals surface area (Å²) in [5.74, 6) is 0.667. The Morgan fingerprint density at radius 1 is 1.29 bits per heavy atom. The molecule has 0 radical (unpaired) electrons. The largest absolute Gasteiger partial charge is 0.368 e. The highest BCUT2D eigenvalue weighted by Gasteiger charge is 2.33. The first-order valence-corrected chi connectivity index (χ1v) is 8.36. The smallest absolute Gasteiger partial charge is 0.0642 e. The molecule has 4 heteroatoms. The van der Waals surface area contributed by atoms with E-state index in [1.54, 1.807) is 0 Å². The SMILES string of the molecule is CC1CN(c2c(Cl)cccc2CNC2CC2)CC1N(C)C. The molecule has 1 aromatic carbocycles. The lowest BCUT2D eigenvalue weighted by Gasteiger charge is -2.25. The van der Waals surface area contributed by atoms with Gasteiger partial charge in [0.2, 0.25) is 0 Å². The van der Waals surface area contributed by atoms with Crippen molar-refractivity contribution < 1.29 is 0 Å². The van der Waals surface area contributed by atoms with Crippen molar-refractivity contribution in [2.75, 3.05) is 32.1 Å². The van der Waals surface area contributed by atoms with Crippen LogP contribution in [0.5, 0.6) is 0 Å². The number of hydrogen-bond acceptors (Lipinski definition) is 3. The van der Waals surface area contributed by atoms with Crippen LogP contribution in [-0.4, -0.2) is 44.2 Å². The molecule has 116 valence electrons. The van der Waals surface area contributed by atoms with Gasteiger partial charge in [-0.2, -0.15) is 0 Å². The second-order valence-electron chi connectivity index (χ2n) is 6.82. The second-order valence-corrected chi connectivity index (χ2v) is 7.22. The van der Waals surface area contributed by atoms with Crippen molar-refractivity contribution in [1.82, 2.24) is 10.2 Å². The van der Waals surface area contributed by atoms with Crippen LogP contribution in [0.15, 0.2) is 18.2 Å². The fourth-order valence-electron chi connectivity index (χ4n) is 3.40. The quantitative estimate of drug-likeness (QED) is 0.902. The summed E-state index contributed by atoms with van der Waals surface area (Å²) in [6, 6.07) is 7.63. The molecule has 1 aliphatic heterocycles. The molecule has 1 aromatic rings. The normalized spacial score (nSPS) is 25.9. The lowest BCUT2D eigenvalue weighted by molar-refractivity contribution is 0.266. The summed E-state index contributed by atoms with van der Waals surface area (Å²) in [5, 5.41) is 4.50. The molecule has 1 saturated heterocycles. The van der Waals surface area contributed by atoms with Crippen LogP contribution in [-0.2, 0) is 6.54 Å². The van der Waals surface area contributed by atoms with Gasteiger partial charge in [-0.3, -0.25) is 0 Å². The Balaban J connectivity index is 1.80. The Labute approximate surface area is 133 Å². The van der Waals surface area contributed by atoms with Crippen molar-refractivity contribution in [3.05, 3.63) is 28.8 Å². The number of halogens is 1. The lowest BCUT2D eigenvalue weighted by atomic mass is 10.1. The molecule has 2 unspecified atom stereocenters. The zero-order valence-corrected chi connectivity index (χ0v) is 14.0. The Bertz CT molecular complexity index is 499. The number of anilines is 1. The minimum Gasteiger partial charge on any atom is -0.368 e. The van der Waals surface area contributed by atoms with Crippen LogP contribution in [0.25, 0.3) is 0 Å². The fraction of sp³-hybridized carbons (Fsp3) is 0.647. The van der Waals surface area contributed by atoms with E-state index in [4.69, 9.17) is 11.6 Å². The summed E-state index contributed by atoms with van der Waals surface area (Å²) in [6.45, 7) is 5.42. The number of nitrogens with one attached hydrogen (secondary N) is 1. The number of benzene rings is 1. The van der Waals surface area contributed by atoms with Crippen LogP contribution in [0.2, 0.25) is 5.02 Å². The van der Waals surface area contributed by atoms with E-state index in [9.17, 15) is 0 Å². The average Bonchev–Trinajstić information content (AvgIpc) is 3.18. The summed E-state index contributed by atoms with van der Waals surface area (Å²) in [7, 11) is 4.35. The van der Waals surface area contributed by atoms with Gasteiger partial charge in [-0.05, 0) is 44.5 Å². The maximum Gasteiger partial charge on any atom is 0.0642 e. The first kappa shape index (κ1) is 15.1. The van der Waals surface area contributed by atoms with E-state index in [2.05, 4.69) is 48.3 Å². The van der Waals surface area contributed by atoms with Gasteiger partial charge in [-0.1, -0.05) is 30.7 Å². The first-order chi connectivity index (χ1) is 10.1. The molecule has 3 rings (SSSR count). The molecule has 2 atom stereocenters. The van der Waals surface area contributed by atoms with E-state index in [0.29, 0.717) is 12.0 Å². The Morgan fingerprint density at radius 2 is 2.05 bits per heavy atom. The van der Waals surface area contributed by atoms with Crippen LogP contribution in [0.3, 0.4) is 0 Å². The highest BCUT2D eigenvalue weighted by atomic mass is 35.5. The van der Waals surface area contributed by atoms with Gasteiger partial charge in [0.25, 0.3) is 0 Å². The summed E-state index contributed by atoms with van der Waals surface area (Å²) >= 11 is 6.53. The van der Waals surface area contributed by atoms with Crippen molar-refractivity contribution in [2.45, 2.75) is 38.4 Å². The summed E-state index contributed by atoms with van der Waals surface area (Å²) in [6.07, 6.45) is 2.64. The third-order valence-corrected chi connectivity index (χ3v) is 5.09. The maximum absolute atomic E-state index is 6.53. The molecule has 0 amide bonds. The fourth-order valence-corrected chi connectivity index (χ4v) is 3.72. The van der Waals surface area contributed by atoms with Gasteiger partial charge in [0.1, 0.15) is 0 Å².